The lowest BCUT2D eigenvalue weighted by atomic mass is 9.80. The Morgan fingerprint density at radius 2 is 2.19 bits per heavy atom. The molecular formula is C12H24N2O2. The van der Waals surface area contributed by atoms with Gasteiger partial charge in [0.25, 0.3) is 0 Å². The molecule has 1 fully saturated rings. The molecule has 0 radical (unpaired) electrons. The smallest absolute Gasteiger partial charge is 0.222 e. The molecule has 0 aromatic carbocycles. The number of carbonyl (C=O) groups is 1. The molecule has 4 heteroatoms. The van der Waals surface area contributed by atoms with Crippen LogP contribution in [0.5, 0.6) is 0 Å². The molecular weight excluding hydrogens is 204 g/mol. The van der Waals surface area contributed by atoms with E-state index in [0.717, 1.165) is 32.4 Å². The van der Waals surface area contributed by atoms with E-state index in [1.165, 1.54) is 0 Å². The van der Waals surface area contributed by atoms with Gasteiger partial charge in [-0.05, 0) is 38.6 Å². The Balaban J connectivity index is 2.11. The van der Waals surface area contributed by atoms with Crippen molar-refractivity contribution >= 4 is 5.91 Å². The van der Waals surface area contributed by atoms with Crippen molar-refractivity contribution in [3.8, 4) is 0 Å². The van der Waals surface area contributed by atoms with Gasteiger partial charge in [-0.25, -0.2) is 0 Å². The van der Waals surface area contributed by atoms with Crippen LogP contribution in [0.2, 0.25) is 0 Å². The first-order valence-corrected chi connectivity index (χ1v) is 6.23. The Hall–Kier alpha value is -0.610. The van der Waals surface area contributed by atoms with Crippen molar-refractivity contribution in [2.24, 2.45) is 11.7 Å². The van der Waals surface area contributed by atoms with Gasteiger partial charge in [0.1, 0.15) is 0 Å². The minimum Gasteiger partial charge on any atom is -0.378 e. The molecule has 94 valence electrons. The van der Waals surface area contributed by atoms with E-state index in [2.05, 4.69) is 0 Å². The van der Waals surface area contributed by atoms with Gasteiger partial charge in [-0.2, -0.15) is 0 Å². The number of nitrogens with two attached hydrogens (primary N) is 1. The molecule has 0 saturated heterocycles. The van der Waals surface area contributed by atoms with Crippen molar-refractivity contribution in [3.63, 3.8) is 0 Å². The van der Waals surface area contributed by atoms with Gasteiger partial charge in [-0.1, -0.05) is 0 Å². The molecule has 1 rings (SSSR count). The van der Waals surface area contributed by atoms with Crippen LogP contribution in [0.4, 0.5) is 0 Å². The predicted octanol–water partition coefficient (Wildman–Crippen LogP) is 0.999. The summed E-state index contributed by atoms with van der Waals surface area (Å²) >= 11 is 0. The minimum absolute atomic E-state index is 0.244. The van der Waals surface area contributed by atoms with Gasteiger partial charge < -0.3 is 15.4 Å². The number of nitrogens with zero attached hydrogens (tertiary/aromatic N) is 1. The summed E-state index contributed by atoms with van der Waals surface area (Å²) < 4.78 is 5.47. The number of ether oxygens (including phenoxy) is 1. The zero-order valence-electron chi connectivity index (χ0n) is 10.4. The summed E-state index contributed by atoms with van der Waals surface area (Å²) in [6, 6.07) is 0. The second-order valence-electron chi connectivity index (χ2n) is 4.58. The second kappa shape index (κ2) is 6.86. The first-order chi connectivity index (χ1) is 7.67. The molecule has 0 spiro atoms. The van der Waals surface area contributed by atoms with Crippen molar-refractivity contribution in [3.05, 3.63) is 0 Å². The Bertz CT molecular complexity index is 215. The summed E-state index contributed by atoms with van der Waals surface area (Å²) in [6.45, 7) is 4.21. The number of amides is 1. The summed E-state index contributed by atoms with van der Waals surface area (Å²) in [6.07, 6.45) is 4.05. The molecule has 2 N–H and O–H groups in total. The molecule has 16 heavy (non-hydrogen) atoms. The number of rotatable bonds is 7. The average molecular weight is 228 g/mol. The maximum atomic E-state index is 11.8. The van der Waals surface area contributed by atoms with E-state index in [1.807, 2.05) is 14.0 Å². The lowest BCUT2D eigenvalue weighted by Crippen LogP contribution is -2.37. The third-order valence-electron chi connectivity index (χ3n) is 3.18. The topological polar surface area (TPSA) is 55.6 Å². The van der Waals surface area contributed by atoms with Crippen LogP contribution in [-0.4, -0.2) is 43.7 Å². The van der Waals surface area contributed by atoms with E-state index in [0.29, 0.717) is 25.0 Å². The van der Waals surface area contributed by atoms with Crippen LogP contribution in [0.15, 0.2) is 0 Å². The van der Waals surface area contributed by atoms with Crippen LogP contribution < -0.4 is 5.73 Å². The predicted molar refractivity (Wildman–Crippen MR) is 64.1 cm³/mol. The molecule has 0 unspecified atom stereocenters. The van der Waals surface area contributed by atoms with Gasteiger partial charge in [0, 0.05) is 26.6 Å². The minimum atomic E-state index is 0.244. The second-order valence-corrected chi connectivity index (χ2v) is 4.58. The summed E-state index contributed by atoms with van der Waals surface area (Å²) in [5.41, 5.74) is 5.41. The third kappa shape index (κ3) is 4.10. The fraction of sp³-hybridized carbons (Fsp3) is 0.917. The first kappa shape index (κ1) is 13.5. The molecule has 1 saturated carbocycles. The molecule has 0 bridgehead atoms. The average Bonchev–Trinajstić information content (AvgIpc) is 2.22. The molecule has 1 aliphatic carbocycles. The quantitative estimate of drug-likeness (QED) is 0.707. The number of hydrogen-bond acceptors (Lipinski definition) is 3. The fourth-order valence-electron chi connectivity index (χ4n) is 2.07. The standard InChI is InChI=1S/C12H24N2O2/c1-3-16-11-7-10(8-11)9-12(15)14(2)6-4-5-13/h10-11H,3-9,13H2,1-2H3. The van der Waals surface area contributed by atoms with Gasteiger partial charge in [0.05, 0.1) is 6.10 Å². The molecule has 1 aliphatic rings. The molecule has 0 heterocycles. The van der Waals surface area contributed by atoms with Gasteiger partial charge in [0.2, 0.25) is 5.91 Å². The molecule has 4 nitrogen and oxygen atoms in total. The van der Waals surface area contributed by atoms with Crippen LogP contribution in [0, 0.1) is 5.92 Å². The highest BCUT2D eigenvalue weighted by atomic mass is 16.5. The Morgan fingerprint density at radius 1 is 1.50 bits per heavy atom. The zero-order valence-corrected chi connectivity index (χ0v) is 10.4. The lowest BCUT2D eigenvalue weighted by molar-refractivity contribution is -0.133. The highest BCUT2D eigenvalue weighted by Crippen LogP contribution is 2.32. The van der Waals surface area contributed by atoms with E-state index in [4.69, 9.17) is 10.5 Å². The normalized spacial score (nSPS) is 23.9. The van der Waals surface area contributed by atoms with E-state index in [-0.39, 0.29) is 5.91 Å². The highest BCUT2D eigenvalue weighted by Gasteiger charge is 2.31. The first-order valence-electron chi connectivity index (χ1n) is 6.23. The Morgan fingerprint density at radius 3 is 2.75 bits per heavy atom. The summed E-state index contributed by atoms with van der Waals surface area (Å²) in [5, 5.41) is 0. The maximum Gasteiger partial charge on any atom is 0.222 e. The van der Waals surface area contributed by atoms with Crippen LogP contribution in [0.25, 0.3) is 0 Å². The largest absolute Gasteiger partial charge is 0.378 e. The fourth-order valence-corrected chi connectivity index (χ4v) is 2.07. The highest BCUT2D eigenvalue weighted by molar-refractivity contribution is 5.76. The van der Waals surface area contributed by atoms with E-state index in [1.54, 1.807) is 4.90 Å². The van der Waals surface area contributed by atoms with E-state index in [9.17, 15) is 4.79 Å². The van der Waals surface area contributed by atoms with E-state index < -0.39 is 0 Å². The third-order valence-corrected chi connectivity index (χ3v) is 3.18. The maximum absolute atomic E-state index is 11.8. The molecule has 0 aromatic heterocycles. The molecule has 0 atom stereocenters. The van der Waals surface area contributed by atoms with Crippen LogP contribution in [0.1, 0.15) is 32.6 Å². The van der Waals surface area contributed by atoms with Crippen LogP contribution in [-0.2, 0) is 9.53 Å². The van der Waals surface area contributed by atoms with E-state index >= 15 is 0 Å². The molecule has 1 amide bonds. The monoisotopic (exact) mass is 228 g/mol. The van der Waals surface area contributed by atoms with Gasteiger partial charge >= 0.3 is 0 Å². The van der Waals surface area contributed by atoms with Crippen molar-refractivity contribution in [1.82, 2.24) is 4.90 Å². The SMILES string of the molecule is CCOC1CC(CC(=O)N(C)CCCN)C1. The van der Waals surface area contributed by atoms with Crippen LogP contribution >= 0.6 is 0 Å². The van der Waals surface area contributed by atoms with Crippen molar-refractivity contribution in [2.45, 2.75) is 38.7 Å². The summed E-state index contributed by atoms with van der Waals surface area (Å²) in [7, 11) is 1.86. The summed E-state index contributed by atoms with van der Waals surface area (Å²) in [5.74, 6) is 0.776. The van der Waals surface area contributed by atoms with Gasteiger partial charge in [-0.3, -0.25) is 4.79 Å². The molecule has 0 aliphatic heterocycles. The lowest BCUT2D eigenvalue weighted by Gasteiger charge is -2.35. The van der Waals surface area contributed by atoms with Gasteiger partial charge in [0.15, 0.2) is 0 Å². The zero-order chi connectivity index (χ0) is 12.0. The van der Waals surface area contributed by atoms with Crippen LogP contribution in [0.3, 0.4) is 0 Å². The van der Waals surface area contributed by atoms with Gasteiger partial charge in [-0.15, -0.1) is 0 Å². The summed E-state index contributed by atoms with van der Waals surface area (Å²) in [4.78, 5) is 13.6. The van der Waals surface area contributed by atoms with Crippen molar-refractivity contribution < 1.29 is 9.53 Å². The molecule has 0 aromatic rings. The Kier molecular flexibility index (Phi) is 5.77. The van der Waals surface area contributed by atoms with Crippen molar-refractivity contribution in [1.29, 1.82) is 0 Å². The number of carbonyl (C=O) groups excluding carboxylic acids is 1. The number of hydrogen-bond donors (Lipinski definition) is 1. The van der Waals surface area contributed by atoms with Crippen molar-refractivity contribution in [2.75, 3.05) is 26.7 Å². The Labute approximate surface area is 98.1 Å².